The van der Waals surface area contributed by atoms with E-state index in [2.05, 4.69) is 0 Å². The third-order valence-corrected chi connectivity index (χ3v) is 5.36. The molecule has 1 heterocycles. The van der Waals surface area contributed by atoms with Gasteiger partial charge in [0.2, 0.25) is 0 Å². The molecule has 2 aromatic carbocycles. The van der Waals surface area contributed by atoms with Gasteiger partial charge in [0.05, 0.1) is 38.3 Å². The molecule has 0 spiro atoms. The highest BCUT2D eigenvalue weighted by atomic mass is 16.5. The molecule has 7 nitrogen and oxygen atoms in total. The lowest BCUT2D eigenvalue weighted by atomic mass is 9.84. The molecule has 3 N–H and O–H groups in total. The Kier molecular flexibility index (Phi) is 4.39. The van der Waals surface area contributed by atoms with E-state index in [0.29, 0.717) is 11.1 Å². The number of aliphatic hydroxyl groups is 1. The SMILES string of the molecule is COc1cc([C@@H]2O[C@@H](c3ccc(O)c(OC)c3)[C@H]3C(=O)C=C(O)[C@H]32)ccc1O. The molecule has 0 bridgehead atoms. The molecule has 1 aliphatic carbocycles. The minimum absolute atomic E-state index is 0.0112. The minimum atomic E-state index is -0.627. The van der Waals surface area contributed by atoms with Crippen LogP contribution in [0, 0.1) is 11.8 Å². The molecule has 0 amide bonds. The second kappa shape index (κ2) is 6.76. The van der Waals surface area contributed by atoms with Gasteiger partial charge in [-0.2, -0.15) is 0 Å². The van der Waals surface area contributed by atoms with Crippen molar-refractivity contribution in [2.45, 2.75) is 12.2 Å². The van der Waals surface area contributed by atoms with Crippen LogP contribution in [-0.2, 0) is 9.53 Å². The van der Waals surface area contributed by atoms with Crippen molar-refractivity contribution in [1.29, 1.82) is 0 Å². The largest absolute Gasteiger partial charge is 0.512 e. The quantitative estimate of drug-likeness (QED) is 0.743. The Morgan fingerprint density at radius 1 is 0.821 bits per heavy atom. The maximum absolute atomic E-state index is 12.6. The average molecular weight is 384 g/mol. The maximum Gasteiger partial charge on any atom is 0.165 e. The van der Waals surface area contributed by atoms with Crippen LogP contribution in [0.5, 0.6) is 23.0 Å². The van der Waals surface area contributed by atoms with Crippen LogP contribution >= 0.6 is 0 Å². The number of hydrogen-bond acceptors (Lipinski definition) is 7. The van der Waals surface area contributed by atoms with Gasteiger partial charge in [0.1, 0.15) is 5.76 Å². The highest BCUT2D eigenvalue weighted by Crippen LogP contribution is 2.55. The summed E-state index contributed by atoms with van der Waals surface area (Å²) < 4.78 is 16.6. The monoisotopic (exact) mass is 384 g/mol. The van der Waals surface area contributed by atoms with E-state index < -0.39 is 24.0 Å². The predicted molar refractivity (Wildman–Crippen MR) is 98.6 cm³/mol. The Balaban J connectivity index is 1.76. The molecule has 146 valence electrons. The topological polar surface area (TPSA) is 105 Å². The molecule has 7 heteroatoms. The number of aromatic hydroxyl groups is 2. The molecule has 0 aromatic heterocycles. The van der Waals surface area contributed by atoms with E-state index in [0.717, 1.165) is 0 Å². The lowest BCUT2D eigenvalue weighted by molar-refractivity contribution is -0.119. The number of carbonyl (C=O) groups excluding carboxylic acids is 1. The number of phenolic OH excluding ortho intramolecular Hbond substituents is 2. The van der Waals surface area contributed by atoms with Crippen LogP contribution in [0.2, 0.25) is 0 Å². The first-order valence-electron chi connectivity index (χ1n) is 8.78. The number of ketones is 1. The third-order valence-electron chi connectivity index (χ3n) is 5.36. The lowest BCUT2D eigenvalue weighted by Gasteiger charge is -2.19. The van der Waals surface area contributed by atoms with E-state index in [1.807, 2.05) is 0 Å². The molecular formula is C21H20O7. The summed E-state index contributed by atoms with van der Waals surface area (Å²) in [6.07, 6.45) is 0.0114. The molecule has 4 rings (SSSR count). The first-order valence-corrected chi connectivity index (χ1v) is 8.78. The van der Waals surface area contributed by atoms with Gasteiger partial charge < -0.3 is 29.5 Å². The fraction of sp³-hybridized carbons (Fsp3) is 0.286. The second-order valence-corrected chi connectivity index (χ2v) is 6.86. The standard InChI is InChI=1S/C21H20O7/c1-26-16-7-10(3-5-12(16)22)20-18-14(24)9-15(25)19(18)21(28-20)11-4-6-13(23)17(8-11)27-2/h3-9,18-24H,1-2H3/t18-,19+,20+,21+/m1/s1. The van der Waals surface area contributed by atoms with Gasteiger partial charge in [0, 0.05) is 6.08 Å². The summed E-state index contributed by atoms with van der Waals surface area (Å²) in [6.45, 7) is 0. The van der Waals surface area contributed by atoms with Gasteiger partial charge in [-0.1, -0.05) is 12.1 Å². The highest BCUT2D eigenvalue weighted by molar-refractivity contribution is 5.96. The Bertz CT molecular complexity index is 965. The van der Waals surface area contributed by atoms with Crippen LogP contribution in [0.15, 0.2) is 48.2 Å². The van der Waals surface area contributed by atoms with E-state index in [9.17, 15) is 20.1 Å². The number of hydrogen-bond donors (Lipinski definition) is 3. The molecule has 0 saturated carbocycles. The summed E-state index contributed by atoms with van der Waals surface area (Å²) in [7, 11) is 2.88. The number of ether oxygens (including phenoxy) is 3. The first kappa shape index (κ1) is 18.2. The van der Waals surface area contributed by atoms with Crippen molar-refractivity contribution < 1.29 is 34.3 Å². The fourth-order valence-electron chi connectivity index (χ4n) is 4.02. The zero-order valence-electron chi connectivity index (χ0n) is 15.3. The predicted octanol–water partition coefficient (Wildman–Crippen LogP) is 3.18. The maximum atomic E-state index is 12.6. The van der Waals surface area contributed by atoms with Crippen LogP contribution in [0.4, 0.5) is 0 Å². The van der Waals surface area contributed by atoms with Gasteiger partial charge in [0.25, 0.3) is 0 Å². The van der Waals surface area contributed by atoms with Gasteiger partial charge in [-0.3, -0.25) is 4.79 Å². The van der Waals surface area contributed by atoms with Crippen molar-refractivity contribution in [2.75, 3.05) is 14.2 Å². The van der Waals surface area contributed by atoms with Crippen LogP contribution in [0.3, 0.4) is 0 Å². The van der Waals surface area contributed by atoms with E-state index in [-0.39, 0.29) is 34.5 Å². The lowest BCUT2D eigenvalue weighted by Crippen LogP contribution is -2.19. The second-order valence-electron chi connectivity index (χ2n) is 6.86. The van der Waals surface area contributed by atoms with Gasteiger partial charge in [-0.25, -0.2) is 0 Å². The molecule has 4 atom stereocenters. The van der Waals surface area contributed by atoms with E-state index in [1.54, 1.807) is 24.3 Å². The Morgan fingerprint density at radius 3 is 1.82 bits per heavy atom. The normalized spacial score (nSPS) is 26.1. The van der Waals surface area contributed by atoms with Crippen LogP contribution in [-0.4, -0.2) is 35.3 Å². The zero-order chi connectivity index (χ0) is 20.0. The first-order chi connectivity index (χ1) is 13.4. The average Bonchev–Trinajstić information content (AvgIpc) is 3.22. The number of carbonyl (C=O) groups is 1. The summed E-state index contributed by atoms with van der Waals surface area (Å²) in [5.74, 6) is -0.865. The van der Waals surface area contributed by atoms with Gasteiger partial charge in [0.15, 0.2) is 28.8 Å². The molecule has 2 aromatic rings. The van der Waals surface area contributed by atoms with Gasteiger partial charge >= 0.3 is 0 Å². The molecule has 0 unspecified atom stereocenters. The Labute approximate surface area is 161 Å². The molecule has 2 aliphatic rings. The number of methoxy groups -OCH3 is 2. The van der Waals surface area contributed by atoms with Gasteiger partial charge in [-0.15, -0.1) is 0 Å². The number of rotatable bonds is 4. The minimum Gasteiger partial charge on any atom is -0.512 e. The molecule has 1 aliphatic heterocycles. The number of phenols is 2. The van der Waals surface area contributed by atoms with Gasteiger partial charge in [-0.05, 0) is 35.4 Å². The highest BCUT2D eigenvalue weighted by Gasteiger charge is 2.54. The summed E-state index contributed by atoms with van der Waals surface area (Å²) in [5.41, 5.74) is 1.34. The molecule has 1 saturated heterocycles. The van der Waals surface area contributed by atoms with E-state index in [4.69, 9.17) is 14.2 Å². The van der Waals surface area contributed by atoms with Crippen LogP contribution in [0.1, 0.15) is 23.3 Å². The van der Waals surface area contributed by atoms with Crippen molar-refractivity contribution in [2.24, 2.45) is 11.8 Å². The zero-order valence-corrected chi connectivity index (χ0v) is 15.3. The molecule has 28 heavy (non-hydrogen) atoms. The van der Waals surface area contributed by atoms with Crippen molar-refractivity contribution in [3.05, 3.63) is 59.4 Å². The Hall–Kier alpha value is -3.19. The van der Waals surface area contributed by atoms with Crippen molar-refractivity contribution in [3.8, 4) is 23.0 Å². The van der Waals surface area contributed by atoms with Crippen molar-refractivity contribution in [1.82, 2.24) is 0 Å². The summed E-state index contributed by atoms with van der Waals surface area (Å²) in [4.78, 5) is 12.6. The number of aliphatic hydroxyl groups excluding tert-OH is 1. The number of fused-ring (bicyclic) bond motifs is 1. The van der Waals surface area contributed by atoms with Crippen LogP contribution in [0.25, 0.3) is 0 Å². The summed E-state index contributed by atoms with van der Waals surface area (Å²) >= 11 is 0. The smallest absolute Gasteiger partial charge is 0.165 e. The van der Waals surface area contributed by atoms with E-state index >= 15 is 0 Å². The Morgan fingerprint density at radius 2 is 1.32 bits per heavy atom. The van der Waals surface area contributed by atoms with Crippen molar-refractivity contribution in [3.63, 3.8) is 0 Å². The molecular weight excluding hydrogens is 364 g/mol. The summed E-state index contributed by atoms with van der Waals surface area (Å²) in [5, 5.41) is 30.1. The number of allylic oxidation sites excluding steroid dienone is 1. The fourth-order valence-corrected chi connectivity index (χ4v) is 4.02. The van der Waals surface area contributed by atoms with Crippen LogP contribution < -0.4 is 9.47 Å². The molecule has 1 fully saturated rings. The van der Waals surface area contributed by atoms with E-state index in [1.165, 1.54) is 32.4 Å². The summed E-state index contributed by atoms with van der Waals surface area (Å²) in [6, 6.07) is 9.57. The molecule has 0 radical (unpaired) electrons. The number of benzene rings is 2. The third kappa shape index (κ3) is 2.75. The van der Waals surface area contributed by atoms with Crippen molar-refractivity contribution >= 4 is 5.78 Å².